The number of imide groups is 1. The van der Waals surface area contributed by atoms with E-state index < -0.39 is 6.04 Å². The highest BCUT2D eigenvalue weighted by atomic mass is 16.2. The first kappa shape index (κ1) is 18.1. The van der Waals surface area contributed by atoms with E-state index in [9.17, 15) is 9.59 Å². The fourth-order valence-corrected chi connectivity index (χ4v) is 4.11. The molecule has 1 saturated heterocycles. The molecule has 0 radical (unpaired) electrons. The lowest BCUT2D eigenvalue weighted by Crippen LogP contribution is -2.37. The maximum atomic E-state index is 13.6. The third kappa shape index (κ3) is 3.03. The Kier molecular flexibility index (Phi) is 4.52. The van der Waals surface area contributed by atoms with Crippen molar-refractivity contribution in [2.75, 3.05) is 9.80 Å². The lowest BCUT2D eigenvalue weighted by Gasteiger charge is -2.23. The molecule has 1 heterocycles. The molecule has 4 heteroatoms. The number of amides is 3. The highest BCUT2D eigenvalue weighted by molar-refractivity contribution is 6.29. The van der Waals surface area contributed by atoms with Gasteiger partial charge in [-0.2, -0.15) is 0 Å². The fourth-order valence-electron chi connectivity index (χ4n) is 4.11. The molecule has 146 valence electrons. The molecule has 30 heavy (non-hydrogen) atoms. The number of hydrogen-bond donors (Lipinski definition) is 0. The van der Waals surface area contributed by atoms with Gasteiger partial charge in [0, 0.05) is 11.8 Å². The molecule has 4 aromatic carbocycles. The number of urea groups is 1. The molecule has 0 aromatic heterocycles. The Morgan fingerprint density at radius 2 is 1.30 bits per heavy atom. The lowest BCUT2D eigenvalue weighted by atomic mass is 10.0. The van der Waals surface area contributed by atoms with Gasteiger partial charge in [0.1, 0.15) is 6.04 Å². The molecular formula is C26H20N2O2. The van der Waals surface area contributed by atoms with Gasteiger partial charge in [0.05, 0.1) is 11.4 Å². The molecule has 1 atom stereocenters. The highest BCUT2D eigenvalue weighted by Gasteiger charge is 2.46. The smallest absolute Gasteiger partial charge is 0.280 e. The van der Waals surface area contributed by atoms with Crippen LogP contribution >= 0.6 is 0 Å². The zero-order valence-electron chi connectivity index (χ0n) is 16.3. The molecule has 0 aliphatic carbocycles. The standard InChI is InChI=1S/C26H20N2O2/c29-25-24(18-19-10-3-1-4-11-19)28(26(30)27(25)21-14-5-2-6-15-21)23-17-9-13-20-12-7-8-16-22(20)23/h1-17,24H,18H2. The Labute approximate surface area is 175 Å². The first-order chi connectivity index (χ1) is 14.7. The summed E-state index contributed by atoms with van der Waals surface area (Å²) < 4.78 is 0. The molecule has 1 aliphatic heterocycles. The Morgan fingerprint density at radius 3 is 2.07 bits per heavy atom. The zero-order valence-corrected chi connectivity index (χ0v) is 16.3. The molecule has 1 fully saturated rings. The first-order valence-electron chi connectivity index (χ1n) is 9.98. The van der Waals surface area contributed by atoms with Gasteiger partial charge in [0.15, 0.2) is 0 Å². The van der Waals surface area contributed by atoms with Crippen molar-refractivity contribution >= 4 is 34.1 Å². The molecule has 1 unspecified atom stereocenters. The second-order valence-electron chi connectivity index (χ2n) is 7.37. The predicted molar refractivity (Wildman–Crippen MR) is 120 cm³/mol. The molecule has 1 aliphatic rings. The van der Waals surface area contributed by atoms with E-state index in [0.717, 1.165) is 22.0 Å². The van der Waals surface area contributed by atoms with E-state index in [1.165, 1.54) is 4.90 Å². The molecule has 0 N–H and O–H groups in total. The Bertz CT molecular complexity index is 1220. The highest BCUT2D eigenvalue weighted by Crippen LogP contribution is 2.35. The Balaban J connectivity index is 1.65. The largest absolute Gasteiger partial charge is 0.336 e. The van der Waals surface area contributed by atoms with Gasteiger partial charge in [-0.3, -0.25) is 9.69 Å². The molecular weight excluding hydrogens is 372 g/mol. The molecule has 0 saturated carbocycles. The van der Waals surface area contributed by atoms with Crippen LogP contribution in [0, 0.1) is 0 Å². The van der Waals surface area contributed by atoms with E-state index in [2.05, 4.69) is 0 Å². The number of benzene rings is 4. The number of fused-ring (bicyclic) bond motifs is 1. The van der Waals surface area contributed by atoms with Crippen LogP contribution in [0.3, 0.4) is 0 Å². The van der Waals surface area contributed by atoms with Crippen LogP contribution in [-0.2, 0) is 11.2 Å². The van der Waals surface area contributed by atoms with Crippen molar-refractivity contribution in [1.82, 2.24) is 0 Å². The minimum absolute atomic E-state index is 0.206. The number of carbonyl (C=O) groups excluding carboxylic acids is 2. The van der Waals surface area contributed by atoms with E-state index in [1.807, 2.05) is 91.0 Å². The number of anilines is 2. The van der Waals surface area contributed by atoms with E-state index in [-0.39, 0.29) is 11.9 Å². The minimum atomic E-state index is -0.606. The van der Waals surface area contributed by atoms with Crippen LogP contribution in [0.25, 0.3) is 10.8 Å². The van der Waals surface area contributed by atoms with Crippen LogP contribution < -0.4 is 9.80 Å². The summed E-state index contributed by atoms with van der Waals surface area (Å²) in [5.74, 6) is -0.206. The van der Waals surface area contributed by atoms with Crippen LogP contribution in [0.4, 0.5) is 16.2 Å². The van der Waals surface area contributed by atoms with Gasteiger partial charge in [0.2, 0.25) is 0 Å². The number of para-hydroxylation sites is 1. The predicted octanol–water partition coefficient (Wildman–Crippen LogP) is 5.42. The SMILES string of the molecule is O=C1C(Cc2ccccc2)N(c2cccc3ccccc23)C(=O)N1c1ccccc1. The van der Waals surface area contributed by atoms with Crippen LogP contribution in [-0.4, -0.2) is 18.0 Å². The molecule has 5 rings (SSSR count). The topological polar surface area (TPSA) is 40.6 Å². The third-order valence-corrected chi connectivity index (χ3v) is 5.53. The summed E-state index contributed by atoms with van der Waals surface area (Å²) in [6.45, 7) is 0. The van der Waals surface area contributed by atoms with Crippen LogP contribution in [0.2, 0.25) is 0 Å². The van der Waals surface area contributed by atoms with Crippen molar-refractivity contribution in [1.29, 1.82) is 0 Å². The normalized spacial score (nSPS) is 16.5. The van der Waals surface area contributed by atoms with Crippen LogP contribution in [0.1, 0.15) is 5.56 Å². The molecule has 4 aromatic rings. The van der Waals surface area contributed by atoms with Crippen molar-refractivity contribution in [3.05, 3.63) is 109 Å². The number of rotatable bonds is 4. The number of hydrogen-bond acceptors (Lipinski definition) is 2. The molecule has 0 spiro atoms. The molecule has 3 amide bonds. The van der Waals surface area contributed by atoms with Crippen molar-refractivity contribution in [2.45, 2.75) is 12.5 Å². The van der Waals surface area contributed by atoms with Gasteiger partial charge in [0.25, 0.3) is 5.91 Å². The van der Waals surface area contributed by atoms with Crippen LogP contribution in [0.15, 0.2) is 103 Å². The monoisotopic (exact) mass is 392 g/mol. The summed E-state index contributed by atoms with van der Waals surface area (Å²) in [7, 11) is 0. The second-order valence-corrected chi connectivity index (χ2v) is 7.37. The zero-order chi connectivity index (χ0) is 20.5. The summed E-state index contributed by atoms with van der Waals surface area (Å²) in [6, 6.07) is 31.8. The maximum absolute atomic E-state index is 13.6. The Morgan fingerprint density at radius 1 is 0.667 bits per heavy atom. The van der Waals surface area contributed by atoms with Crippen molar-refractivity contribution in [3.63, 3.8) is 0 Å². The van der Waals surface area contributed by atoms with Gasteiger partial charge in [-0.05, 0) is 29.1 Å². The second kappa shape index (κ2) is 7.48. The average molecular weight is 392 g/mol. The summed E-state index contributed by atoms with van der Waals surface area (Å²) in [5.41, 5.74) is 2.36. The van der Waals surface area contributed by atoms with E-state index in [0.29, 0.717) is 12.1 Å². The molecule has 4 nitrogen and oxygen atoms in total. The summed E-state index contributed by atoms with van der Waals surface area (Å²) in [6.07, 6.45) is 0.456. The maximum Gasteiger partial charge on any atom is 0.336 e. The van der Waals surface area contributed by atoms with E-state index >= 15 is 0 Å². The van der Waals surface area contributed by atoms with E-state index in [4.69, 9.17) is 0 Å². The minimum Gasteiger partial charge on any atom is -0.280 e. The lowest BCUT2D eigenvalue weighted by molar-refractivity contribution is -0.117. The van der Waals surface area contributed by atoms with Gasteiger partial charge < -0.3 is 0 Å². The van der Waals surface area contributed by atoms with Crippen molar-refractivity contribution in [3.8, 4) is 0 Å². The number of carbonyl (C=O) groups is 2. The quantitative estimate of drug-likeness (QED) is 0.435. The summed E-state index contributed by atoms with van der Waals surface area (Å²) >= 11 is 0. The van der Waals surface area contributed by atoms with E-state index in [1.54, 1.807) is 17.0 Å². The Hall–Kier alpha value is -3.92. The molecule has 0 bridgehead atoms. The van der Waals surface area contributed by atoms with Gasteiger partial charge >= 0.3 is 6.03 Å². The average Bonchev–Trinajstić information content (AvgIpc) is 3.04. The summed E-state index contributed by atoms with van der Waals surface area (Å²) in [5, 5.41) is 1.99. The summed E-state index contributed by atoms with van der Waals surface area (Å²) in [4.78, 5) is 30.1. The number of nitrogens with zero attached hydrogens (tertiary/aromatic N) is 2. The van der Waals surface area contributed by atoms with Crippen LogP contribution in [0.5, 0.6) is 0 Å². The first-order valence-corrected chi connectivity index (χ1v) is 9.98. The third-order valence-electron chi connectivity index (χ3n) is 5.53. The van der Waals surface area contributed by atoms with Crippen molar-refractivity contribution < 1.29 is 9.59 Å². The van der Waals surface area contributed by atoms with Gasteiger partial charge in [-0.15, -0.1) is 0 Å². The van der Waals surface area contributed by atoms with Gasteiger partial charge in [-0.25, -0.2) is 9.69 Å². The van der Waals surface area contributed by atoms with Crippen molar-refractivity contribution in [2.24, 2.45) is 0 Å². The fraction of sp³-hybridized carbons (Fsp3) is 0.0769. The van der Waals surface area contributed by atoms with Gasteiger partial charge in [-0.1, -0.05) is 84.9 Å².